The van der Waals surface area contributed by atoms with Crippen molar-refractivity contribution in [1.82, 2.24) is 9.88 Å². The van der Waals surface area contributed by atoms with E-state index in [1.54, 1.807) is 18.2 Å². The molecule has 1 N–H and O–H groups in total. The number of alkyl halides is 3. The molecule has 3 aromatic rings. The van der Waals surface area contributed by atoms with Crippen molar-refractivity contribution in [2.75, 3.05) is 31.1 Å². The fourth-order valence-corrected chi connectivity index (χ4v) is 3.61. The Bertz CT molecular complexity index is 955. The van der Waals surface area contributed by atoms with Crippen LogP contribution in [0.4, 0.5) is 23.2 Å². The van der Waals surface area contributed by atoms with Crippen LogP contribution in [0.5, 0.6) is 0 Å². The minimum Gasteiger partial charge on any atom is -0.369 e. The average molecular weight is 403 g/mol. The lowest BCUT2D eigenvalue weighted by Gasteiger charge is -2.36. The molecule has 0 radical (unpaired) electrons. The molecule has 2 heterocycles. The first kappa shape index (κ1) is 19.5. The summed E-state index contributed by atoms with van der Waals surface area (Å²) in [5.74, 6) is -0.265. The molecule has 0 saturated carbocycles. The van der Waals surface area contributed by atoms with Gasteiger partial charge in [0.15, 0.2) is 0 Å². The van der Waals surface area contributed by atoms with Crippen LogP contribution < -0.4 is 4.90 Å². The van der Waals surface area contributed by atoms with Gasteiger partial charge in [-0.25, -0.2) is 4.39 Å². The first-order valence-electron chi connectivity index (χ1n) is 9.47. The zero-order chi connectivity index (χ0) is 20.4. The third-order valence-corrected chi connectivity index (χ3v) is 5.21. The molecule has 29 heavy (non-hydrogen) atoms. The van der Waals surface area contributed by atoms with Crippen molar-refractivity contribution in [3.63, 3.8) is 0 Å². The van der Waals surface area contributed by atoms with Crippen LogP contribution in [-0.2, 0) is 12.7 Å². The van der Waals surface area contributed by atoms with Crippen LogP contribution in [0.15, 0.2) is 60.7 Å². The molecule has 1 fully saturated rings. The number of benzene rings is 2. The van der Waals surface area contributed by atoms with Gasteiger partial charge < -0.3 is 9.88 Å². The number of aromatic nitrogens is 1. The summed E-state index contributed by atoms with van der Waals surface area (Å²) >= 11 is 0. The van der Waals surface area contributed by atoms with E-state index in [2.05, 4.69) is 9.88 Å². The van der Waals surface area contributed by atoms with E-state index in [0.717, 1.165) is 42.7 Å². The van der Waals surface area contributed by atoms with E-state index in [1.165, 1.54) is 24.3 Å². The quantitative estimate of drug-likeness (QED) is 0.608. The normalized spacial score (nSPS) is 15.7. The van der Waals surface area contributed by atoms with Gasteiger partial charge in [-0.15, -0.1) is 0 Å². The van der Waals surface area contributed by atoms with Crippen LogP contribution in [0, 0.1) is 5.82 Å². The van der Waals surface area contributed by atoms with Crippen LogP contribution in [0.3, 0.4) is 0 Å². The van der Waals surface area contributed by atoms with Gasteiger partial charge in [0.25, 0.3) is 0 Å². The van der Waals surface area contributed by atoms with Crippen molar-refractivity contribution >= 4 is 5.69 Å². The summed E-state index contributed by atoms with van der Waals surface area (Å²) < 4.78 is 51.9. The standard InChI is InChI=1S/C22H21F4N3/c23-18-6-4-16(5-7-18)21-9-8-19(27-21)15-28-10-12-29(13-11-28)20-3-1-2-17(14-20)22(24,25)26/h1-9,14,27H,10-13,15H2. The van der Waals surface area contributed by atoms with Gasteiger partial charge in [0.2, 0.25) is 0 Å². The molecular formula is C22H21F4N3. The number of H-pyrrole nitrogens is 1. The van der Waals surface area contributed by atoms with Crippen LogP contribution in [-0.4, -0.2) is 36.1 Å². The van der Waals surface area contributed by atoms with E-state index in [9.17, 15) is 17.6 Å². The molecule has 2 aromatic carbocycles. The molecule has 0 spiro atoms. The zero-order valence-electron chi connectivity index (χ0n) is 15.7. The number of anilines is 1. The smallest absolute Gasteiger partial charge is 0.369 e. The van der Waals surface area contributed by atoms with Gasteiger partial charge >= 0.3 is 6.18 Å². The lowest BCUT2D eigenvalue weighted by molar-refractivity contribution is -0.137. The molecular weight excluding hydrogens is 382 g/mol. The van der Waals surface area contributed by atoms with Crippen molar-refractivity contribution in [1.29, 1.82) is 0 Å². The van der Waals surface area contributed by atoms with Gasteiger partial charge in [-0.2, -0.15) is 13.2 Å². The highest BCUT2D eigenvalue weighted by atomic mass is 19.4. The highest BCUT2D eigenvalue weighted by molar-refractivity contribution is 5.59. The minimum absolute atomic E-state index is 0.265. The highest BCUT2D eigenvalue weighted by Gasteiger charge is 2.31. The Labute approximate surface area is 166 Å². The topological polar surface area (TPSA) is 22.3 Å². The average Bonchev–Trinajstić information content (AvgIpc) is 3.17. The number of aromatic amines is 1. The molecule has 1 aromatic heterocycles. The van der Waals surface area contributed by atoms with E-state index >= 15 is 0 Å². The maximum absolute atomic E-state index is 13.1. The second-order valence-electron chi connectivity index (χ2n) is 7.22. The number of hydrogen-bond donors (Lipinski definition) is 1. The molecule has 0 atom stereocenters. The summed E-state index contributed by atoms with van der Waals surface area (Å²) in [5, 5.41) is 0. The summed E-state index contributed by atoms with van der Waals surface area (Å²) in [4.78, 5) is 7.62. The number of nitrogens with zero attached hydrogens (tertiary/aromatic N) is 2. The maximum Gasteiger partial charge on any atom is 0.416 e. The molecule has 3 nitrogen and oxygen atoms in total. The Morgan fingerprint density at radius 2 is 1.59 bits per heavy atom. The van der Waals surface area contributed by atoms with Gasteiger partial charge in [-0.3, -0.25) is 4.90 Å². The zero-order valence-corrected chi connectivity index (χ0v) is 15.7. The van der Waals surface area contributed by atoms with Crippen molar-refractivity contribution in [3.8, 4) is 11.3 Å². The lowest BCUT2D eigenvalue weighted by atomic mass is 10.1. The van der Waals surface area contributed by atoms with Crippen LogP contribution in [0.2, 0.25) is 0 Å². The van der Waals surface area contributed by atoms with Gasteiger partial charge in [0.1, 0.15) is 5.82 Å². The fraction of sp³-hybridized carbons (Fsp3) is 0.273. The van der Waals surface area contributed by atoms with Crippen LogP contribution >= 0.6 is 0 Å². The summed E-state index contributed by atoms with van der Waals surface area (Å²) in [6, 6.07) is 15.8. The first-order valence-corrected chi connectivity index (χ1v) is 9.47. The monoisotopic (exact) mass is 403 g/mol. The van der Waals surface area contributed by atoms with Gasteiger partial charge in [-0.1, -0.05) is 6.07 Å². The molecule has 1 aliphatic heterocycles. The van der Waals surface area contributed by atoms with E-state index in [-0.39, 0.29) is 5.82 Å². The summed E-state index contributed by atoms with van der Waals surface area (Å²) in [5.41, 5.74) is 2.90. The van der Waals surface area contributed by atoms with Crippen LogP contribution in [0.1, 0.15) is 11.3 Å². The predicted molar refractivity (Wildman–Crippen MR) is 105 cm³/mol. The minimum atomic E-state index is -4.33. The van der Waals surface area contributed by atoms with Gasteiger partial charge in [0, 0.05) is 49.8 Å². The molecule has 0 unspecified atom stereocenters. The van der Waals surface area contributed by atoms with E-state index < -0.39 is 11.7 Å². The van der Waals surface area contributed by atoms with E-state index in [4.69, 9.17) is 0 Å². The lowest BCUT2D eigenvalue weighted by Crippen LogP contribution is -2.46. The third-order valence-electron chi connectivity index (χ3n) is 5.21. The predicted octanol–water partition coefficient (Wildman–Crippen LogP) is 5.16. The maximum atomic E-state index is 13.1. The van der Waals surface area contributed by atoms with E-state index in [1.807, 2.05) is 17.0 Å². The number of nitrogens with one attached hydrogen (secondary N) is 1. The van der Waals surface area contributed by atoms with Crippen molar-refractivity contribution in [2.24, 2.45) is 0 Å². The molecule has 1 saturated heterocycles. The number of hydrogen-bond acceptors (Lipinski definition) is 2. The van der Waals surface area contributed by atoms with Crippen molar-refractivity contribution in [2.45, 2.75) is 12.7 Å². The Balaban J connectivity index is 1.35. The summed E-state index contributed by atoms with van der Waals surface area (Å²) in [6.45, 7) is 3.61. The largest absolute Gasteiger partial charge is 0.416 e. The third kappa shape index (κ3) is 4.62. The molecule has 152 valence electrons. The molecule has 7 heteroatoms. The van der Waals surface area contributed by atoms with Crippen LogP contribution in [0.25, 0.3) is 11.3 Å². The summed E-state index contributed by atoms with van der Waals surface area (Å²) in [7, 11) is 0. The fourth-order valence-electron chi connectivity index (χ4n) is 3.61. The molecule has 4 rings (SSSR count). The second-order valence-corrected chi connectivity index (χ2v) is 7.22. The Morgan fingerprint density at radius 1 is 0.862 bits per heavy atom. The molecule has 0 bridgehead atoms. The van der Waals surface area contributed by atoms with Crippen molar-refractivity contribution in [3.05, 3.63) is 77.7 Å². The first-order chi connectivity index (χ1) is 13.9. The molecule has 1 aliphatic rings. The molecule has 0 aliphatic carbocycles. The summed E-state index contributed by atoms with van der Waals surface area (Å²) in [6.07, 6.45) is -4.33. The molecule has 0 amide bonds. The number of rotatable bonds is 4. The Morgan fingerprint density at radius 3 is 2.28 bits per heavy atom. The second kappa shape index (κ2) is 7.91. The number of halogens is 4. The van der Waals surface area contributed by atoms with Crippen molar-refractivity contribution < 1.29 is 17.6 Å². The number of piperazine rings is 1. The highest BCUT2D eigenvalue weighted by Crippen LogP contribution is 2.32. The van der Waals surface area contributed by atoms with Gasteiger partial charge in [-0.05, 0) is 60.2 Å². The van der Waals surface area contributed by atoms with Gasteiger partial charge in [0.05, 0.1) is 5.56 Å². The Kier molecular flexibility index (Phi) is 5.32. The SMILES string of the molecule is Fc1ccc(-c2ccc(CN3CCN(c4cccc(C(F)(F)F)c4)CC3)[nH]2)cc1. The van der Waals surface area contributed by atoms with E-state index in [0.29, 0.717) is 18.8 Å². The Hall–Kier alpha value is -2.80.